The number of furan rings is 1. The van der Waals surface area contributed by atoms with Crippen molar-refractivity contribution in [2.24, 2.45) is 5.10 Å². The summed E-state index contributed by atoms with van der Waals surface area (Å²) in [5.74, 6) is 0.448. The van der Waals surface area contributed by atoms with E-state index in [0.717, 1.165) is 20.1 Å². The summed E-state index contributed by atoms with van der Waals surface area (Å²) in [6.45, 7) is 0. The number of hydrazone groups is 1. The molecule has 3 aromatic rings. The summed E-state index contributed by atoms with van der Waals surface area (Å²) in [4.78, 5) is 12.0. The maximum Gasteiger partial charge on any atom is 0.244 e. The number of rotatable bonds is 4. The number of nitrogens with one attached hydrogen (secondary N) is 1. The Morgan fingerprint density at radius 1 is 1.14 bits per heavy atom. The molecule has 0 aliphatic rings. The molecule has 0 aliphatic carbocycles. The molecule has 0 saturated heterocycles. The van der Waals surface area contributed by atoms with E-state index < -0.39 is 0 Å². The lowest BCUT2D eigenvalue weighted by atomic mass is 10.0. The predicted octanol–water partition coefficient (Wildman–Crippen LogP) is 3.73. The van der Waals surface area contributed by atoms with Crippen LogP contribution in [0.25, 0.3) is 10.8 Å². The summed E-state index contributed by atoms with van der Waals surface area (Å²) < 4.78 is 6.11. The van der Waals surface area contributed by atoms with E-state index in [0.29, 0.717) is 5.76 Å². The van der Waals surface area contributed by atoms with Crippen molar-refractivity contribution in [2.75, 3.05) is 0 Å². The Kier molecular flexibility index (Phi) is 4.53. The Morgan fingerprint density at radius 3 is 2.77 bits per heavy atom. The Labute approximate surface area is 141 Å². The fraction of sp³-hybridized carbons (Fsp3) is 0.0588. The minimum Gasteiger partial charge on any atom is -0.449 e. The van der Waals surface area contributed by atoms with Crippen LogP contribution < -0.4 is 5.43 Å². The molecule has 0 fully saturated rings. The second kappa shape index (κ2) is 6.74. The Morgan fingerprint density at radius 2 is 1.95 bits per heavy atom. The van der Waals surface area contributed by atoms with Crippen molar-refractivity contribution in [1.29, 1.82) is 0 Å². The van der Waals surface area contributed by atoms with Crippen molar-refractivity contribution >= 4 is 45.5 Å². The van der Waals surface area contributed by atoms with E-state index in [1.807, 2.05) is 48.5 Å². The van der Waals surface area contributed by atoms with Gasteiger partial charge in [0.2, 0.25) is 5.91 Å². The molecule has 0 bridgehead atoms. The zero-order valence-electron chi connectivity index (χ0n) is 11.6. The van der Waals surface area contributed by atoms with Crippen molar-refractivity contribution in [3.63, 3.8) is 0 Å². The lowest BCUT2D eigenvalue weighted by molar-refractivity contribution is -0.120. The molecule has 1 aromatic heterocycles. The number of amides is 1. The number of fused-ring (bicyclic) bond motifs is 1. The summed E-state index contributed by atoms with van der Waals surface area (Å²) in [5.41, 5.74) is 3.51. The number of benzene rings is 2. The zero-order chi connectivity index (χ0) is 15.4. The van der Waals surface area contributed by atoms with Crippen molar-refractivity contribution in [3.05, 3.63) is 69.7 Å². The van der Waals surface area contributed by atoms with Gasteiger partial charge in [-0.2, -0.15) is 5.10 Å². The average Bonchev–Trinajstić information content (AvgIpc) is 2.93. The second-order valence-corrected chi connectivity index (χ2v) is 5.81. The molecule has 0 aliphatic heterocycles. The van der Waals surface area contributed by atoms with E-state index in [-0.39, 0.29) is 12.3 Å². The molecule has 0 saturated carbocycles. The molecule has 1 heterocycles. The highest BCUT2D eigenvalue weighted by Crippen LogP contribution is 2.18. The van der Waals surface area contributed by atoms with Gasteiger partial charge >= 0.3 is 0 Å². The summed E-state index contributed by atoms with van der Waals surface area (Å²) in [5, 5.41) is 6.12. The SMILES string of the molecule is O=C(Cc1cccc2ccccc12)NN=Cc1ccc(I)o1. The number of carbonyl (C=O) groups is 1. The van der Waals surface area contributed by atoms with E-state index in [9.17, 15) is 4.79 Å². The van der Waals surface area contributed by atoms with Crippen LogP contribution in [0.4, 0.5) is 0 Å². The van der Waals surface area contributed by atoms with Gasteiger partial charge in [0, 0.05) is 0 Å². The molecule has 1 amide bonds. The highest BCUT2D eigenvalue weighted by atomic mass is 127. The fourth-order valence-corrected chi connectivity index (χ4v) is 2.66. The summed E-state index contributed by atoms with van der Waals surface area (Å²) in [7, 11) is 0. The van der Waals surface area contributed by atoms with Gasteiger partial charge < -0.3 is 4.42 Å². The van der Waals surface area contributed by atoms with Crippen LogP contribution in [0.15, 0.2) is 64.1 Å². The third-order valence-electron chi connectivity index (χ3n) is 3.21. The van der Waals surface area contributed by atoms with Gasteiger partial charge in [-0.05, 0) is 51.1 Å². The molecule has 5 heteroatoms. The number of hydrogen-bond acceptors (Lipinski definition) is 3. The summed E-state index contributed by atoms with van der Waals surface area (Å²) in [6.07, 6.45) is 1.78. The van der Waals surface area contributed by atoms with E-state index in [1.165, 1.54) is 6.21 Å². The average molecular weight is 404 g/mol. The smallest absolute Gasteiger partial charge is 0.244 e. The molecule has 0 atom stereocenters. The molecule has 110 valence electrons. The van der Waals surface area contributed by atoms with Gasteiger partial charge in [-0.15, -0.1) is 0 Å². The van der Waals surface area contributed by atoms with E-state index in [2.05, 4.69) is 33.1 Å². The highest BCUT2D eigenvalue weighted by molar-refractivity contribution is 14.1. The van der Waals surface area contributed by atoms with Crippen molar-refractivity contribution < 1.29 is 9.21 Å². The van der Waals surface area contributed by atoms with E-state index in [1.54, 1.807) is 6.07 Å². The first kappa shape index (κ1) is 14.8. The minimum absolute atomic E-state index is 0.158. The lowest BCUT2D eigenvalue weighted by Crippen LogP contribution is -2.19. The van der Waals surface area contributed by atoms with Gasteiger partial charge in [0.1, 0.15) is 5.76 Å². The maximum atomic E-state index is 12.0. The highest BCUT2D eigenvalue weighted by Gasteiger charge is 2.06. The van der Waals surface area contributed by atoms with Crippen molar-refractivity contribution in [2.45, 2.75) is 6.42 Å². The van der Waals surface area contributed by atoms with Crippen LogP contribution in [0, 0.1) is 3.77 Å². The largest absolute Gasteiger partial charge is 0.449 e. The summed E-state index contributed by atoms with van der Waals surface area (Å²) in [6, 6.07) is 17.6. The molecule has 2 aromatic carbocycles. The molecule has 0 spiro atoms. The zero-order valence-corrected chi connectivity index (χ0v) is 13.8. The first-order valence-electron chi connectivity index (χ1n) is 6.76. The van der Waals surface area contributed by atoms with Gasteiger partial charge in [0.25, 0.3) is 0 Å². The quantitative estimate of drug-likeness (QED) is 0.409. The van der Waals surface area contributed by atoms with Crippen LogP contribution in [-0.2, 0) is 11.2 Å². The Balaban J connectivity index is 1.67. The van der Waals surface area contributed by atoms with Gasteiger partial charge in [-0.3, -0.25) is 4.79 Å². The van der Waals surface area contributed by atoms with Crippen LogP contribution in [-0.4, -0.2) is 12.1 Å². The number of carbonyl (C=O) groups excluding carboxylic acids is 1. The standard InChI is InChI=1S/C17H13IN2O2/c18-16-9-8-14(22-16)11-19-20-17(21)10-13-6-3-5-12-4-1-2-7-15(12)13/h1-9,11H,10H2,(H,20,21). The second-order valence-electron chi connectivity index (χ2n) is 4.75. The van der Waals surface area contributed by atoms with Crippen LogP contribution in [0.5, 0.6) is 0 Å². The first-order chi connectivity index (χ1) is 10.7. The predicted molar refractivity (Wildman–Crippen MR) is 94.8 cm³/mol. The van der Waals surface area contributed by atoms with Crippen LogP contribution in [0.1, 0.15) is 11.3 Å². The van der Waals surface area contributed by atoms with Gasteiger partial charge in [0.15, 0.2) is 3.77 Å². The Hall–Kier alpha value is -2.15. The maximum absolute atomic E-state index is 12.0. The minimum atomic E-state index is -0.158. The monoisotopic (exact) mass is 404 g/mol. The van der Waals surface area contributed by atoms with Gasteiger partial charge in [-0.25, -0.2) is 5.43 Å². The molecule has 0 radical (unpaired) electrons. The number of halogens is 1. The molecule has 22 heavy (non-hydrogen) atoms. The normalized spacial score (nSPS) is 11.1. The molecule has 4 nitrogen and oxygen atoms in total. The molecule has 0 unspecified atom stereocenters. The fourth-order valence-electron chi connectivity index (χ4n) is 2.22. The van der Waals surface area contributed by atoms with E-state index >= 15 is 0 Å². The molecule has 1 N–H and O–H groups in total. The molecular formula is C17H13IN2O2. The first-order valence-corrected chi connectivity index (χ1v) is 7.84. The summed E-state index contributed by atoms with van der Waals surface area (Å²) >= 11 is 2.07. The van der Waals surface area contributed by atoms with Crippen molar-refractivity contribution in [1.82, 2.24) is 5.43 Å². The van der Waals surface area contributed by atoms with Crippen molar-refractivity contribution in [3.8, 4) is 0 Å². The third-order valence-corrected chi connectivity index (χ3v) is 3.79. The Bertz CT molecular complexity index is 834. The van der Waals surface area contributed by atoms with Gasteiger partial charge in [0.05, 0.1) is 12.6 Å². The third kappa shape index (κ3) is 3.54. The number of nitrogens with zero attached hydrogens (tertiary/aromatic N) is 1. The van der Waals surface area contributed by atoms with Gasteiger partial charge in [-0.1, -0.05) is 42.5 Å². The molecule has 3 rings (SSSR count). The lowest BCUT2D eigenvalue weighted by Gasteiger charge is -2.05. The topological polar surface area (TPSA) is 54.6 Å². The molecular weight excluding hydrogens is 391 g/mol. The van der Waals surface area contributed by atoms with E-state index in [4.69, 9.17) is 4.42 Å². The number of hydrogen-bond donors (Lipinski definition) is 1. The van der Waals surface area contributed by atoms with Crippen LogP contribution >= 0.6 is 22.6 Å². The van der Waals surface area contributed by atoms with Crippen LogP contribution in [0.3, 0.4) is 0 Å². The van der Waals surface area contributed by atoms with Crippen LogP contribution in [0.2, 0.25) is 0 Å².